The second-order valence-electron chi connectivity index (χ2n) is 5.21. The Labute approximate surface area is 106 Å². The van der Waals surface area contributed by atoms with Gasteiger partial charge in [-0.1, -0.05) is 12.1 Å². The topological polar surface area (TPSA) is 15.3 Å². The van der Waals surface area contributed by atoms with Crippen LogP contribution in [0, 0.1) is 17.6 Å². The van der Waals surface area contributed by atoms with Crippen molar-refractivity contribution in [1.29, 1.82) is 0 Å². The zero-order chi connectivity index (χ0) is 12.5. The van der Waals surface area contributed by atoms with Gasteiger partial charge in [-0.25, -0.2) is 8.78 Å². The normalized spacial score (nSPS) is 23.0. The second-order valence-corrected chi connectivity index (χ2v) is 5.21. The number of hydrogen-bond donors (Lipinski definition) is 1. The van der Waals surface area contributed by atoms with Crippen LogP contribution in [0.4, 0.5) is 8.78 Å². The zero-order valence-corrected chi connectivity index (χ0v) is 10.3. The third-order valence-electron chi connectivity index (χ3n) is 3.91. The summed E-state index contributed by atoms with van der Waals surface area (Å²) in [6, 6.07) is 4.61. The van der Waals surface area contributed by atoms with Gasteiger partial charge in [0.05, 0.1) is 0 Å². The number of nitrogens with zero attached hydrogens (tertiary/aromatic N) is 1. The van der Waals surface area contributed by atoms with E-state index in [-0.39, 0.29) is 6.04 Å². The molecule has 2 nitrogen and oxygen atoms in total. The fourth-order valence-electron chi connectivity index (χ4n) is 2.87. The van der Waals surface area contributed by atoms with Crippen LogP contribution in [-0.2, 0) is 0 Å². The molecule has 4 heteroatoms. The van der Waals surface area contributed by atoms with E-state index in [9.17, 15) is 8.78 Å². The largest absolute Gasteiger partial charge is 0.314 e. The molecule has 1 saturated carbocycles. The Morgan fingerprint density at radius 2 is 1.89 bits per heavy atom. The van der Waals surface area contributed by atoms with E-state index in [1.165, 1.54) is 6.07 Å². The van der Waals surface area contributed by atoms with Crippen molar-refractivity contribution in [2.24, 2.45) is 5.92 Å². The van der Waals surface area contributed by atoms with E-state index in [1.54, 1.807) is 12.1 Å². The van der Waals surface area contributed by atoms with E-state index in [2.05, 4.69) is 10.2 Å². The molecule has 18 heavy (non-hydrogen) atoms. The number of halogens is 2. The van der Waals surface area contributed by atoms with Gasteiger partial charge in [-0.3, -0.25) is 4.90 Å². The lowest BCUT2D eigenvalue weighted by molar-refractivity contribution is 0.152. The van der Waals surface area contributed by atoms with Crippen LogP contribution >= 0.6 is 0 Å². The van der Waals surface area contributed by atoms with Gasteiger partial charge in [0.25, 0.3) is 0 Å². The van der Waals surface area contributed by atoms with Crippen LogP contribution in [0.1, 0.15) is 24.4 Å². The van der Waals surface area contributed by atoms with Crippen molar-refractivity contribution in [3.05, 3.63) is 35.4 Å². The first-order valence-corrected chi connectivity index (χ1v) is 6.66. The van der Waals surface area contributed by atoms with Crippen LogP contribution < -0.4 is 5.32 Å². The van der Waals surface area contributed by atoms with Gasteiger partial charge >= 0.3 is 0 Å². The molecule has 1 heterocycles. The van der Waals surface area contributed by atoms with Gasteiger partial charge in [-0.2, -0.15) is 0 Å². The summed E-state index contributed by atoms with van der Waals surface area (Å²) in [7, 11) is 0. The Bertz CT molecular complexity index is 426. The van der Waals surface area contributed by atoms with Crippen LogP contribution in [-0.4, -0.2) is 31.1 Å². The third-order valence-corrected chi connectivity index (χ3v) is 3.91. The van der Waals surface area contributed by atoms with Crippen molar-refractivity contribution in [2.75, 3.05) is 26.2 Å². The first-order chi connectivity index (χ1) is 8.77. The van der Waals surface area contributed by atoms with E-state index < -0.39 is 11.6 Å². The van der Waals surface area contributed by atoms with Crippen LogP contribution in [0.15, 0.2) is 18.2 Å². The highest BCUT2D eigenvalue weighted by Crippen LogP contribution is 2.45. The molecule has 1 aliphatic heterocycles. The molecular weight excluding hydrogens is 234 g/mol. The molecule has 1 aromatic carbocycles. The maximum Gasteiger partial charge on any atom is 0.163 e. The van der Waals surface area contributed by atoms with Gasteiger partial charge in [0.1, 0.15) is 0 Å². The fraction of sp³-hybridized carbons (Fsp3) is 0.571. The highest BCUT2D eigenvalue weighted by Gasteiger charge is 2.38. The minimum atomic E-state index is -0.728. The van der Waals surface area contributed by atoms with E-state index in [4.69, 9.17) is 0 Å². The van der Waals surface area contributed by atoms with Crippen LogP contribution in [0.3, 0.4) is 0 Å². The maximum atomic E-state index is 14.0. The van der Waals surface area contributed by atoms with Gasteiger partial charge in [-0.05, 0) is 24.8 Å². The molecule has 0 spiro atoms. The quantitative estimate of drug-likeness (QED) is 0.888. The first kappa shape index (κ1) is 12.1. The minimum absolute atomic E-state index is 0.0581. The Hall–Kier alpha value is -1.00. The molecule has 0 aromatic heterocycles. The summed E-state index contributed by atoms with van der Waals surface area (Å²) in [6.07, 6.45) is 2.26. The van der Waals surface area contributed by atoms with Gasteiger partial charge in [0.2, 0.25) is 0 Å². The number of hydrogen-bond acceptors (Lipinski definition) is 2. The zero-order valence-electron chi connectivity index (χ0n) is 10.3. The minimum Gasteiger partial charge on any atom is -0.314 e. The molecule has 1 saturated heterocycles. The second kappa shape index (κ2) is 4.94. The SMILES string of the molecule is Fc1cccc([C@H](C2CC2)N2CCNCC2)c1F. The highest BCUT2D eigenvalue weighted by atomic mass is 19.2. The smallest absolute Gasteiger partial charge is 0.163 e. The molecule has 0 bridgehead atoms. The molecule has 2 fully saturated rings. The predicted molar refractivity (Wildman–Crippen MR) is 66.3 cm³/mol. The average Bonchev–Trinajstić information content (AvgIpc) is 3.21. The Morgan fingerprint density at radius 3 is 2.56 bits per heavy atom. The van der Waals surface area contributed by atoms with Gasteiger partial charge in [0, 0.05) is 37.8 Å². The van der Waals surface area contributed by atoms with E-state index in [0.29, 0.717) is 11.5 Å². The summed E-state index contributed by atoms with van der Waals surface area (Å²) >= 11 is 0. The van der Waals surface area contributed by atoms with Crippen LogP contribution in [0.2, 0.25) is 0 Å². The lowest BCUT2D eigenvalue weighted by Crippen LogP contribution is -2.45. The molecule has 0 radical (unpaired) electrons. The number of benzene rings is 1. The van der Waals surface area contributed by atoms with E-state index in [0.717, 1.165) is 39.0 Å². The maximum absolute atomic E-state index is 14.0. The summed E-state index contributed by atoms with van der Waals surface area (Å²) < 4.78 is 27.4. The monoisotopic (exact) mass is 252 g/mol. The van der Waals surface area contributed by atoms with Gasteiger partial charge in [0.15, 0.2) is 11.6 Å². The predicted octanol–water partition coefficient (Wildman–Crippen LogP) is 2.32. The lowest BCUT2D eigenvalue weighted by atomic mass is 9.99. The molecule has 3 rings (SSSR count). The fourth-order valence-corrected chi connectivity index (χ4v) is 2.87. The summed E-state index contributed by atoms with van der Waals surface area (Å²) in [5.41, 5.74) is 0.541. The summed E-state index contributed by atoms with van der Waals surface area (Å²) in [4.78, 5) is 2.30. The standard InChI is InChI=1S/C14H18F2N2/c15-12-3-1-2-11(13(12)16)14(10-4-5-10)18-8-6-17-7-9-18/h1-3,10,14,17H,4-9H2/t14-/m0/s1. The van der Waals surface area contributed by atoms with Crippen molar-refractivity contribution in [2.45, 2.75) is 18.9 Å². The van der Waals surface area contributed by atoms with Crippen LogP contribution in [0.25, 0.3) is 0 Å². The number of piperazine rings is 1. The lowest BCUT2D eigenvalue weighted by Gasteiger charge is -2.35. The molecule has 2 aliphatic rings. The Kier molecular flexibility index (Phi) is 3.31. The molecule has 0 unspecified atom stereocenters. The van der Waals surface area contributed by atoms with Crippen molar-refractivity contribution in [3.8, 4) is 0 Å². The molecular formula is C14H18F2N2. The van der Waals surface area contributed by atoms with Crippen LogP contribution in [0.5, 0.6) is 0 Å². The van der Waals surface area contributed by atoms with Crippen molar-refractivity contribution in [1.82, 2.24) is 10.2 Å². The van der Waals surface area contributed by atoms with E-state index in [1.807, 2.05) is 0 Å². The molecule has 0 amide bonds. The summed E-state index contributed by atoms with van der Waals surface area (Å²) in [6.45, 7) is 3.69. The number of nitrogens with one attached hydrogen (secondary N) is 1. The molecule has 1 aliphatic carbocycles. The molecule has 1 atom stereocenters. The summed E-state index contributed by atoms with van der Waals surface area (Å²) in [5.74, 6) is -0.888. The average molecular weight is 252 g/mol. The van der Waals surface area contributed by atoms with Gasteiger partial charge < -0.3 is 5.32 Å². The Morgan fingerprint density at radius 1 is 1.17 bits per heavy atom. The highest BCUT2D eigenvalue weighted by molar-refractivity contribution is 5.24. The Balaban J connectivity index is 1.90. The molecule has 98 valence electrons. The first-order valence-electron chi connectivity index (χ1n) is 6.66. The van der Waals surface area contributed by atoms with Crippen molar-refractivity contribution >= 4 is 0 Å². The number of rotatable bonds is 3. The molecule has 1 N–H and O–H groups in total. The van der Waals surface area contributed by atoms with Crippen molar-refractivity contribution < 1.29 is 8.78 Å². The van der Waals surface area contributed by atoms with Gasteiger partial charge in [-0.15, -0.1) is 0 Å². The summed E-state index contributed by atoms with van der Waals surface area (Å²) in [5, 5.41) is 3.30. The molecule has 1 aromatic rings. The van der Waals surface area contributed by atoms with E-state index >= 15 is 0 Å². The third kappa shape index (κ3) is 2.27. The van der Waals surface area contributed by atoms with Crippen molar-refractivity contribution in [3.63, 3.8) is 0 Å².